The number of carboxylic acids is 1. The lowest BCUT2D eigenvalue weighted by molar-refractivity contribution is -0.133. The summed E-state index contributed by atoms with van der Waals surface area (Å²) in [6.45, 7) is 0. The monoisotopic (exact) mass is 226 g/mol. The number of hydrogen-bond donors (Lipinski definition) is 2. The van der Waals surface area contributed by atoms with Crippen LogP contribution in [0.5, 0.6) is 0 Å². The van der Waals surface area contributed by atoms with Crippen molar-refractivity contribution in [1.29, 1.82) is 0 Å². The highest BCUT2D eigenvalue weighted by Gasteiger charge is 2.04. The molecule has 0 aromatic carbocycles. The first-order valence-electron chi connectivity index (χ1n) is 3.94. The van der Waals surface area contributed by atoms with Crippen LogP contribution in [0.1, 0.15) is 0 Å². The van der Waals surface area contributed by atoms with Gasteiger partial charge in [0.05, 0.1) is 5.75 Å². The summed E-state index contributed by atoms with van der Waals surface area (Å²) in [7, 11) is 0. The van der Waals surface area contributed by atoms with Crippen molar-refractivity contribution in [3.63, 3.8) is 0 Å². The van der Waals surface area contributed by atoms with Gasteiger partial charge in [-0.1, -0.05) is 11.8 Å². The van der Waals surface area contributed by atoms with Crippen LogP contribution in [0, 0.1) is 0 Å². The molecule has 78 valence electrons. The summed E-state index contributed by atoms with van der Waals surface area (Å²) in [5.74, 6) is -0.987. The van der Waals surface area contributed by atoms with Crippen molar-refractivity contribution in [2.45, 2.75) is 5.03 Å². The fourth-order valence-electron chi connectivity index (χ4n) is 1.01. The predicted octanol–water partition coefficient (Wildman–Crippen LogP) is -0.406. The fraction of sp³-hybridized carbons (Fsp3) is 0.143. The van der Waals surface area contributed by atoms with Crippen LogP contribution < -0.4 is 5.69 Å². The van der Waals surface area contributed by atoms with E-state index in [1.54, 1.807) is 6.07 Å². The Morgan fingerprint density at radius 3 is 3.20 bits per heavy atom. The lowest BCUT2D eigenvalue weighted by Crippen LogP contribution is -2.09. The van der Waals surface area contributed by atoms with Gasteiger partial charge < -0.3 is 5.11 Å². The maximum Gasteiger partial charge on any atom is 0.348 e. The zero-order valence-corrected chi connectivity index (χ0v) is 8.19. The molecule has 0 aliphatic heterocycles. The number of fused-ring (bicyclic) bond motifs is 1. The van der Waals surface area contributed by atoms with Crippen LogP contribution in [0.3, 0.4) is 0 Å². The highest BCUT2D eigenvalue weighted by Crippen LogP contribution is 2.14. The Hall–Kier alpha value is -1.83. The molecule has 0 saturated carbocycles. The van der Waals surface area contributed by atoms with Crippen molar-refractivity contribution < 1.29 is 9.90 Å². The normalized spacial score (nSPS) is 10.7. The van der Waals surface area contributed by atoms with Gasteiger partial charge in [0.2, 0.25) is 0 Å². The van der Waals surface area contributed by atoms with Gasteiger partial charge in [-0.3, -0.25) is 4.79 Å². The van der Waals surface area contributed by atoms with Crippen LogP contribution in [0.4, 0.5) is 0 Å². The Bertz CT molecular complexity index is 561. The minimum atomic E-state index is -0.916. The van der Waals surface area contributed by atoms with Crippen LogP contribution in [-0.4, -0.2) is 36.4 Å². The SMILES string of the molecule is O=C(O)CSc1cc2n[nH]c(=O)n2cn1. The Kier molecular flexibility index (Phi) is 2.42. The third-order valence-electron chi connectivity index (χ3n) is 1.63. The number of H-pyrrole nitrogens is 1. The number of aromatic nitrogens is 4. The van der Waals surface area contributed by atoms with Crippen molar-refractivity contribution in [2.24, 2.45) is 0 Å². The number of hydrogen-bond acceptors (Lipinski definition) is 5. The maximum absolute atomic E-state index is 11.1. The van der Waals surface area contributed by atoms with E-state index < -0.39 is 5.97 Å². The predicted molar refractivity (Wildman–Crippen MR) is 52.0 cm³/mol. The number of nitrogens with one attached hydrogen (secondary N) is 1. The zero-order chi connectivity index (χ0) is 10.8. The number of carbonyl (C=O) groups is 1. The third kappa shape index (κ3) is 1.99. The van der Waals surface area contributed by atoms with E-state index in [0.29, 0.717) is 10.7 Å². The molecule has 15 heavy (non-hydrogen) atoms. The second kappa shape index (κ2) is 3.73. The van der Waals surface area contributed by atoms with Crippen LogP contribution in [-0.2, 0) is 4.79 Å². The van der Waals surface area contributed by atoms with Crippen molar-refractivity contribution in [3.05, 3.63) is 22.9 Å². The summed E-state index contributed by atoms with van der Waals surface area (Å²) >= 11 is 1.07. The van der Waals surface area contributed by atoms with E-state index in [-0.39, 0.29) is 11.4 Å². The van der Waals surface area contributed by atoms with Gasteiger partial charge in [-0.25, -0.2) is 19.3 Å². The highest BCUT2D eigenvalue weighted by atomic mass is 32.2. The molecule has 0 spiro atoms. The Morgan fingerprint density at radius 1 is 1.67 bits per heavy atom. The molecule has 2 heterocycles. The zero-order valence-electron chi connectivity index (χ0n) is 7.38. The molecule has 2 N–H and O–H groups in total. The molecule has 0 bridgehead atoms. The molecule has 0 aliphatic rings. The number of nitrogens with zero attached hydrogens (tertiary/aromatic N) is 3. The van der Waals surface area contributed by atoms with E-state index in [4.69, 9.17) is 5.11 Å². The number of carboxylic acid groups (broad SMARTS) is 1. The molecule has 2 aromatic rings. The fourth-order valence-corrected chi connectivity index (χ4v) is 1.59. The summed E-state index contributed by atoms with van der Waals surface area (Å²) in [5.41, 5.74) is 0.0511. The minimum Gasteiger partial charge on any atom is -0.481 e. The van der Waals surface area contributed by atoms with E-state index in [1.165, 1.54) is 10.7 Å². The van der Waals surface area contributed by atoms with Crippen molar-refractivity contribution in [3.8, 4) is 0 Å². The maximum atomic E-state index is 11.1. The van der Waals surface area contributed by atoms with E-state index in [0.717, 1.165) is 11.8 Å². The molecule has 0 radical (unpaired) electrons. The molecular formula is C7H6N4O3S. The summed E-state index contributed by atoms with van der Waals surface area (Å²) in [4.78, 5) is 25.3. The van der Waals surface area contributed by atoms with Crippen molar-refractivity contribution in [2.75, 3.05) is 5.75 Å². The molecule has 0 aliphatic carbocycles. The van der Waals surface area contributed by atoms with Crippen LogP contribution >= 0.6 is 11.8 Å². The minimum absolute atomic E-state index is 0.0716. The largest absolute Gasteiger partial charge is 0.481 e. The number of aromatic amines is 1. The van der Waals surface area contributed by atoms with Gasteiger partial charge in [0, 0.05) is 6.07 Å². The summed E-state index contributed by atoms with van der Waals surface area (Å²) in [6.07, 6.45) is 1.31. The summed E-state index contributed by atoms with van der Waals surface area (Å²) < 4.78 is 1.24. The lowest BCUT2D eigenvalue weighted by Gasteiger charge is -1.96. The average molecular weight is 226 g/mol. The van der Waals surface area contributed by atoms with Gasteiger partial charge in [0.1, 0.15) is 11.4 Å². The quantitative estimate of drug-likeness (QED) is 0.545. The highest BCUT2D eigenvalue weighted by molar-refractivity contribution is 7.99. The summed E-state index contributed by atoms with van der Waals surface area (Å²) in [6, 6.07) is 1.55. The standard InChI is InChI=1S/C7H6N4O3S/c12-6(13)2-15-5-1-4-9-10-7(14)11(4)3-8-5/h1,3H,2H2,(H,10,14)(H,12,13). The molecular weight excluding hydrogens is 220 g/mol. The van der Waals surface area contributed by atoms with Gasteiger partial charge in [-0.15, -0.1) is 0 Å². The lowest BCUT2D eigenvalue weighted by atomic mass is 10.6. The van der Waals surface area contributed by atoms with Gasteiger partial charge in [0.25, 0.3) is 0 Å². The van der Waals surface area contributed by atoms with Crippen LogP contribution in [0.25, 0.3) is 5.65 Å². The van der Waals surface area contributed by atoms with Crippen LogP contribution in [0.2, 0.25) is 0 Å². The second-order valence-electron chi connectivity index (χ2n) is 2.67. The molecule has 7 nitrogen and oxygen atoms in total. The summed E-state index contributed by atoms with van der Waals surface area (Å²) in [5, 5.41) is 15.0. The number of rotatable bonds is 3. The molecule has 2 rings (SSSR count). The Labute approximate surface area is 87.1 Å². The van der Waals surface area contributed by atoms with Gasteiger partial charge in [0.15, 0.2) is 5.65 Å². The van der Waals surface area contributed by atoms with Crippen molar-refractivity contribution >= 4 is 23.4 Å². The number of thioether (sulfide) groups is 1. The third-order valence-corrected chi connectivity index (χ3v) is 2.54. The van der Waals surface area contributed by atoms with Crippen LogP contribution in [0.15, 0.2) is 22.2 Å². The van der Waals surface area contributed by atoms with E-state index in [1.807, 2.05) is 0 Å². The second-order valence-corrected chi connectivity index (χ2v) is 3.66. The van der Waals surface area contributed by atoms with Crippen molar-refractivity contribution in [1.82, 2.24) is 19.6 Å². The molecule has 2 aromatic heterocycles. The molecule has 0 atom stereocenters. The first-order chi connectivity index (χ1) is 7.16. The van der Waals surface area contributed by atoms with E-state index in [9.17, 15) is 9.59 Å². The average Bonchev–Trinajstić information content (AvgIpc) is 2.57. The number of aliphatic carboxylic acids is 1. The molecule has 8 heteroatoms. The van der Waals surface area contributed by atoms with Gasteiger partial charge >= 0.3 is 11.7 Å². The first kappa shape index (κ1) is 9.71. The smallest absolute Gasteiger partial charge is 0.348 e. The molecule has 0 saturated heterocycles. The Balaban J connectivity index is 2.31. The molecule has 0 amide bonds. The topological polar surface area (TPSA) is 100 Å². The van der Waals surface area contributed by atoms with Gasteiger partial charge in [-0.05, 0) is 0 Å². The molecule has 0 unspecified atom stereocenters. The first-order valence-corrected chi connectivity index (χ1v) is 4.93. The van der Waals surface area contributed by atoms with E-state index in [2.05, 4.69) is 15.2 Å². The molecule has 0 fully saturated rings. The van der Waals surface area contributed by atoms with Gasteiger partial charge in [-0.2, -0.15) is 5.10 Å². The Morgan fingerprint density at radius 2 is 2.47 bits per heavy atom. The van der Waals surface area contributed by atoms with E-state index >= 15 is 0 Å².